The van der Waals surface area contributed by atoms with Gasteiger partial charge in [0.2, 0.25) is 11.8 Å². The van der Waals surface area contributed by atoms with E-state index in [1.165, 1.54) is 0 Å². The second-order valence-electron chi connectivity index (χ2n) is 8.17. The number of carbonyl (C=O) groups excluding carboxylic acids is 2. The molecule has 1 aromatic heterocycles. The number of hydrogen-bond donors (Lipinski definition) is 1. The molecule has 1 N–H and O–H groups in total. The van der Waals surface area contributed by atoms with E-state index in [1.807, 2.05) is 57.1 Å². The Morgan fingerprint density at radius 3 is 2.67 bits per heavy atom. The van der Waals surface area contributed by atoms with Crippen molar-refractivity contribution in [2.75, 3.05) is 6.54 Å². The lowest BCUT2D eigenvalue weighted by Gasteiger charge is -2.31. The van der Waals surface area contributed by atoms with Crippen LogP contribution in [0.3, 0.4) is 0 Å². The molecule has 2 amide bonds. The van der Waals surface area contributed by atoms with Crippen LogP contribution in [0.25, 0.3) is 11.0 Å². The van der Waals surface area contributed by atoms with Crippen LogP contribution in [-0.2, 0) is 16.0 Å². The minimum atomic E-state index is -0.471. The third-order valence-corrected chi connectivity index (χ3v) is 5.43. The zero-order valence-corrected chi connectivity index (χ0v) is 16.7. The van der Waals surface area contributed by atoms with Gasteiger partial charge in [-0.15, -0.1) is 0 Å². The fourth-order valence-electron chi connectivity index (χ4n) is 3.79. The number of hydrogen-bond acceptors (Lipinski definition) is 3. The number of carbonyl (C=O) groups is 2. The molecule has 0 radical (unpaired) electrons. The van der Waals surface area contributed by atoms with Crippen molar-refractivity contribution in [2.45, 2.75) is 59.0 Å². The largest absolute Gasteiger partial charge is 0.464 e. The lowest BCUT2D eigenvalue weighted by Crippen LogP contribution is -2.53. The zero-order chi connectivity index (χ0) is 19.6. The van der Waals surface area contributed by atoms with E-state index >= 15 is 0 Å². The molecule has 5 nitrogen and oxygen atoms in total. The van der Waals surface area contributed by atoms with Gasteiger partial charge in [-0.1, -0.05) is 45.9 Å². The van der Waals surface area contributed by atoms with Crippen molar-refractivity contribution in [1.29, 1.82) is 0 Å². The van der Waals surface area contributed by atoms with Crippen LogP contribution in [0, 0.1) is 11.8 Å². The van der Waals surface area contributed by atoms with E-state index in [0.717, 1.165) is 42.3 Å². The number of furan rings is 1. The van der Waals surface area contributed by atoms with Gasteiger partial charge in [0.25, 0.3) is 0 Å². The summed E-state index contributed by atoms with van der Waals surface area (Å²) in [5, 5.41) is 4.07. The number of nitrogens with one attached hydrogen (secondary N) is 1. The van der Waals surface area contributed by atoms with Crippen LogP contribution in [0.15, 0.2) is 34.9 Å². The number of likely N-dealkylation sites (tertiary alicyclic amines) is 1. The fourth-order valence-corrected chi connectivity index (χ4v) is 3.79. The van der Waals surface area contributed by atoms with Crippen molar-refractivity contribution in [3.05, 3.63) is 36.1 Å². The fraction of sp³-hybridized carbons (Fsp3) is 0.545. The van der Waals surface area contributed by atoms with Gasteiger partial charge in [-0.05, 0) is 31.2 Å². The summed E-state index contributed by atoms with van der Waals surface area (Å²) < 4.78 is 5.66. The normalized spacial score (nSPS) is 18.4. The average molecular weight is 370 g/mol. The molecule has 0 saturated carbocycles. The first-order valence-corrected chi connectivity index (χ1v) is 9.94. The molecule has 1 saturated heterocycles. The molecular weight excluding hydrogens is 340 g/mol. The quantitative estimate of drug-likeness (QED) is 0.842. The SMILES string of the molecule is CC(C)C(=O)N[C@H](C(=O)N1CCC[C@H]1Cc1coc2ccccc12)C(C)C. The lowest BCUT2D eigenvalue weighted by atomic mass is 9.99. The highest BCUT2D eigenvalue weighted by Crippen LogP contribution is 2.28. The number of benzene rings is 1. The predicted octanol–water partition coefficient (Wildman–Crippen LogP) is 3.76. The second kappa shape index (κ2) is 8.15. The van der Waals surface area contributed by atoms with Gasteiger partial charge in [0.15, 0.2) is 0 Å². The standard InChI is InChI=1S/C22H30N2O3/c1-14(2)20(23-21(25)15(3)4)22(26)24-11-7-8-17(24)12-16-13-27-19-10-6-5-9-18(16)19/h5-6,9-10,13-15,17,20H,7-8,11-12H2,1-4H3,(H,23,25)/t17-,20-/m0/s1. The number of rotatable bonds is 6. The summed E-state index contributed by atoms with van der Waals surface area (Å²) in [5.74, 6) is -0.116. The monoisotopic (exact) mass is 370 g/mol. The molecule has 0 spiro atoms. The topological polar surface area (TPSA) is 62.6 Å². The van der Waals surface area contributed by atoms with Crippen molar-refractivity contribution in [3.8, 4) is 0 Å². The number of nitrogens with zero attached hydrogens (tertiary/aromatic N) is 1. The van der Waals surface area contributed by atoms with E-state index in [9.17, 15) is 9.59 Å². The number of fused-ring (bicyclic) bond motifs is 1. The van der Waals surface area contributed by atoms with Crippen LogP contribution >= 0.6 is 0 Å². The summed E-state index contributed by atoms with van der Waals surface area (Å²) in [6.45, 7) is 8.41. The maximum Gasteiger partial charge on any atom is 0.245 e. The summed E-state index contributed by atoms with van der Waals surface area (Å²) in [6.07, 6.45) is 4.57. The van der Waals surface area contributed by atoms with Gasteiger partial charge in [0, 0.05) is 29.5 Å². The summed E-state index contributed by atoms with van der Waals surface area (Å²) in [6, 6.07) is 7.68. The third kappa shape index (κ3) is 4.18. The number of amides is 2. The van der Waals surface area contributed by atoms with Gasteiger partial charge < -0.3 is 14.6 Å². The Bertz CT molecular complexity index is 809. The summed E-state index contributed by atoms with van der Waals surface area (Å²) in [4.78, 5) is 27.4. The van der Waals surface area contributed by atoms with Crippen LogP contribution in [0.1, 0.15) is 46.1 Å². The Hall–Kier alpha value is -2.30. The molecule has 27 heavy (non-hydrogen) atoms. The number of para-hydroxylation sites is 1. The smallest absolute Gasteiger partial charge is 0.245 e. The van der Waals surface area contributed by atoms with Gasteiger partial charge in [-0.2, -0.15) is 0 Å². The van der Waals surface area contributed by atoms with Crippen molar-refractivity contribution in [3.63, 3.8) is 0 Å². The summed E-state index contributed by atoms with van der Waals surface area (Å²) in [7, 11) is 0. The average Bonchev–Trinajstić information content (AvgIpc) is 3.26. The van der Waals surface area contributed by atoms with Gasteiger partial charge in [0.1, 0.15) is 11.6 Å². The van der Waals surface area contributed by atoms with Crippen LogP contribution in [0.2, 0.25) is 0 Å². The van der Waals surface area contributed by atoms with Gasteiger partial charge in [0.05, 0.1) is 6.26 Å². The van der Waals surface area contributed by atoms with Crippen molar-refractivity contribution in [1.82, 2.24) is 10.2 Å². The first-order valence-electron chi connectivity index (χ1n) is 9.94. The van der Waals surface area contributed by atoms with Crippen LogP contribution in [0.5, 0.6) is 0 Å². The second-order valence-corrected chi connectivity index (χ2v) is 8.17. The predicted molar refractivity (Wildman–Crippen MR) is 106 cm³/mol. The van der Waals surface area contributed by atoms with E-state index in [1.54, 1.807) is 0 Å². The Kier molecular flexibility index (Phi) is 5.88. The van der Waals surface area contributed by atoms with Crippen LogP contribution < -0.4 is 5.32 Å². The van der Waals surface area contributed by atoms with Gasteiger partial charge >= 0.3 is 0 Å². The molecule has 1 fully saturated rings. The van der Waals surface area contributed by atoms with E-state index in [-0.39, 0.29) is 29.7 Å². The molecule has 0 aliphatic carbocycles. The summed E-state index contributed by atoms with van der Waals surface area (Å²) >= 11 is 0. The molecule has 3 rings (SSSR count). The van der Waals surface area contributed by atoms with Crippen LogP contribution in [-0.4, -0.2) is 35.3 Å². The Labute approximate surface area is 161 Å². The van der Waals surface area contributed by atoms with Crippen molar-refractivity contribution >= 4 is 22.8 Å². The first kappa shape index (κ1) is 19.5. The Balaban J connectivity index is 1.76. The highest BCUT2D eigenvalue weighted by atomic mass is 16.3. The first-order chi connectivity index (χ1) is 12.9. The summed E-state index contributed by atoms with van der Waals surface area (Å²) in [5.41, 5.74) is 2.02. The molecule has 5 heteroatoms. The molecule has 1 aliphatic rings. The molecule has 1 aromatic carbocycles. The lowest BCUT2D eigenvalue weighted by molar-refractivity contribution is -0.139. The third-order valence-electron chi connectivity index (χ3n) is 5.43. The van der Waals surface area contributed by atoms with E-state index in [0.29, 0.717) is 0 Å². The molecule has 2 heterocycles. The van der Waals surface area contributed by atoms with Crippen LogP contribution in [0.4, 0.5) is 0 Å². The Morgan fingerprint density at radius 1 is 1.22 bits per heavy atom. The minimum absolute atomic E-state index is 0.0364. The minimum Gasteiger partial charge on any atom is -0.464 e. The molecule has 0 bridgehead atoms. The van der Waals surface area contributed by atoms with E-state index < -0.39 is 6.04 Å². The Morgan fingerprint density at radius 2 is 1.96 bits per heavy atom. The van der Waals surface area contributed by atoms with Gasteiger partial charge in [-0.3, -0.25) is 9.59 Å². The maximum absolute atomic E-state index is 13.2. The molecule has 2 aromatic rings. The zero-order valence-electron chi connectivity index (χ0n) is 16.7. The van der Waals surface area contributed by atoms with Gasteiger partial charge in [-0.25, -0.2) is 0 Å². The molecule has 0 unspecified atom stereocenters. The van der Waals surface area contributed by atoms with Crippen molar-refractivity contribution in [2.24, 2.45) is 11.8 Å². The van der Waals surface area contributed by atoms with E-state index in [4.69, 9.17) is 4.42 Å². The molecular formula is C22H30N2O3. The molecule has 1 aliphatic heterocycles. The van der Waals surface area contributed by atoms with E-state index in [2.05, 4.69) is 11.4 Å². The van der Waals surface area contributed by atoms with Crippen molar-refractivity contribution < 1.29 is 14.0 Å². The maximum atomic E-state index is 13.2. The molecule has 2 atom stereocenters. The molecule has 146 valence electrons. The highest BCUT2D eigenvalue weighted by Gasteiger charge is 2.35. The highest BCUT2D eigenvalue weighted by molar-refractivity contribution is 5.89.